The van der Waals surface area contributed by atoms with Gasteiger partial charge in [-0.05, 0) is 38.0 Å². The molecule has 136 valence electrons. The SMILES string of the molecule is Cc1noc(C2CCCN(c3ncnc4ccc(S(C)(=O)=O)cc34)C2)n1. The number of benzene rings is 1. The molecule has 0 amide bonds. The van der Waals surface area contributed by atoms with E-state index < -0.39 is 9.84 Å². The van der Waals surface area contributed by atoms with E-state index in [1.807, 2.05) is 0 Å². The van der Waals surface area contributed by atoms with Crippen LogP contribution in [0.3, 0.4) is 0 Å². The highest BCUT2D eigenvalue weighted by atomic mass is 32.2. The fourth-order valence-electron chi connectivity index (χ4n) is 3.35. The van der Waals surface area contributed by atoms with Crippen molar-refractivity contribution in [1.29, 1.82) is 0 Å². The summed E-state index contributed by atoms with van der Waals surface area (Å²) in [7, 11) is -3.30. The van der Waals surface area contributed by atoms with Gasteiger partial charge in [-0.3, -0.25) is 0 Å². The molecule has 0 radical (unpaired) electrons. The Morgan fingerprint density at radius 2 is 2.12 bits per heavy atom. The van der Waals surface area contributed by atoms with Gasteiger partial charge in [-0.1, -0.05) is 5.16 Å². The average Bonchev–Trinajstić information content (AvgIpc) is 3.06. The number of fused-ring (bicyclic) bond motifs is 1. The minimum atomic E-state index is -3.30. The zero-order chi connectivity index (χ0) is 18.3. The van der Waals surface area contributed by atoms with E-state index in [2.05, 4.69) is 25.0 Å². The van der Waals surface area contributed by atoms with Crippen molar-refractivity contribution in [2.75, 3.05) is 24.2 Å². The lowest BCUT2D eigenvalue weighted by atomic mass is 9.97. The lowest BCUT2D eigenvalue weighted by Crippen LogP contribution is -2.35. The van der Waals surface area contributed by atoms with Crippen molar-refractivity contribution in [3.05, 3.63) is 36.2 Å². The fraction of sp³-hybridized carbons (Fsp3) is 0.412. The number of rotatable bonds is 3. The Morgan fingerprint density at radius 1 is 1.27 bits per heavy atom. The van der Waals surface area contributed by atoms with Crippen LogP contribution in [-0.4, -0.2) is 47.9 Å². The molecular formula is C17H19N5O3S. The van der Waals surface area contributed by atoms with E-state index in [4.69, 9.17) is 4.52 Å². The highest BCUT2D eigenvalue weighted by molar-refractivity contribution is 7.90. The van der Waals surface area contributed by atoms with Gasteiger partial charge in [0.2, 0.25) is 5.89 Å². The van der Waals surface area contributed by atoms with E-state index in [-0.39, 0.29) is 10.8 Å². The smallest absolute Gasteiger partial charge is 0.231 e. The van der Waals surface area contributed by atoms with Crippen LogP contribution in [0.5, 0.6) is 0 Å². The molecule has 2 aromatic heterocycles. The summed E-state index contributed by atoms with van der Waals surface area (Å²) >= 11 is 0. The molecule has 1 aromatic carbocycles. The topological polar surface area (TPSA) is 102 Å². The van der Waals surface area contributed by atoms with Crippen molar-refractivity contribution >= 4 is 26.6 Å². The second kappa shape index (κ2) is 6.31. The molecule has 1 saturated heterocycles. The van der Waals surface area contributed by atoms with E-state index in [0.29, 0.717) is 18.3 Å². The number of hydrogen-bond donors (Lipinski definition) is 0. The third kappa shape index (κ3) is 3.14. The Hall–Kier alpha value is -2.55. The van der Waals surface area contributed by atoms with Gasteiger partial charge in [0, 0.05) is 24.7 Å². The summed E-state index contributed by atoms with van der Waals surface area (Å²) in [5.74, 6) is 2.14. The van der Waals surface area contributed by atoms with Gasteiger partial charge in [0.15, 0.2) is 15.7 Å². The highest BCUT2D eigenvalue weighted by Crippen LogP contribution is 2.32. The summed E-state index contributed by atoms with van der Waals surface area (Å²) in [4.78, 5) is 15.5. The average molecular weight is 373 g/mol. The van der Waals surface area contributed by atoms with Gasteiger partial charge in [-0.25, -0.2) is 18.4 Å². The molecule has 1 aliphatic heterocycles. The van der Waals surface area contributed by atoms with Crippen LogP contribution in [-0.2, 0) is 9.84 Å². The van der Waals surface area contributed by atoms with Crippen molar-refractivity contribution < 1.29 is 12.9 Å². The first-order valence-electron chi connectivity index (χ1n) is 8.42. The van der Waals surface area contributed by atoms with Crippen LogP contribution < -0.4 is 4.90 Å². The van der Waals surface area contributed by atoms with Crippen LogP contribution in [0, 0.1) is 6.92 Å². The predicted molar refractivity (Wildman–Crippen MR) is 95.9 cm³/mol. The Balaban J connectivity index is 1.73. The first kappa shape index (κ1) is 16.9. The lowest BCUT2D eigenvalue weighted by Gasteiger charge is -2.32. The number of anilines is 1. The van der Waals surface area contributed by atoms with Gasteiger partial charge in [-0.15, -0.1) is 0 Å². The monoisotopic (exact) mass is 373 g/mol. The molecule has 1 fully saturated rings. The summed E-state index contributed by atoms with van der Waals surface area (Å²) in [6.07, 6.45) is 4.64. The molecule has 4 rings (SSSR count). The molecule has 26 heavy (non-hydrogen) atoms. The van der Waals surface area contributed by atoms with Gasteiger partial charge in [0.1, 0.15) is 12.1 Å². The number of hydrogen-bond acceptors (Lipinski definition) is 8. The number of aryl methyl sites for hydroxylation is 1. The van der Waals surface area contributed by atoms with E-state index in [1.165, 1.54) is 12.6 Å². The van der Waals surface area contributed by atoms with Crippen LogP contribution in [0.1, 0.15) is 30.5 Å². The van der Waals surface area contributed by atoms with Gasteiger partial charge in [0.05, 0.1) is 16.3 Å². The largest absolute Gasteiger partial charge is 0.355 e. The molecule has 3 heterocycles. The molecule has 0 N–H and O–H groups in total. The molecule has 1 atom stereocenters. The second-order valence-electron chi connectivity index (χ2n) is 6.61. The second-order valence-corrected chi connectivity index (χ2v) is 8.63. The maximum Gasteiger partial charge on any atom is 0.231 e. The molecule has 9 heteroatoms. The number of piperidine rings is 1. The Labute approximate surface area is 151 Å². The maximum absolute atomic E-state index is 11.9. The highest BCUT2D eigenvalue weighted by Gasteiger charge is 2.27. The van der Waals surface area contributed by atoms with Crippen LogP contribution in [0.25, 0.3) is 10.9 Å². The van der Waals surface area contributed by atoms with E-state index in [0.717, 1.165) is 36.1 Å². The zero-order valence-corrected chi connectivity index (χ0v) is 15.4. The molecule has 1 aliphatic rings. The quantitative estimate of drug-likeness (QED) is 0.688. The lowest BCUT2D eigenvalue weighted by molar-refractivity contribution is 0.331. The standard InChI is InChI=1S/C17H19N5O3S/c1-11-20-17(25-21-11)12-4-3-7-22(9-12)16-14-8-13(26(2,23)24)5-6-15(14)18-10-19-16/h5-6,8,10,12H,3-4,7,9H2,1-2H3. The van der Waals surface area contributed by atoms with Gasteiger partial charge >= 0.3 is 0 Å². The number of sulfone groups is 1. The van der Waals surface area contributed by atoms with Crippen molar-refractivity contribution in [2.24, 2.45) is 0 Å². The van der Waals surface area contributed by atoms with Crippen molar-refractivity contribution in [2.45, 2.75) is 30.6 Å². The first-order chi connectivity index (χ1) is 12.4. The third-order valence-electron chi connectivity index (χ3n) is 4.63. The minimum Gasteiger partial charge on any atom is -0.355 e. The Morgan fingerprint density at radius 3 is 2.85 bits per heavy atom. The summed E-state index contributed by atoms with van der Waals surface area (Å²) in [6.45, 7) is 3.33. The molecule has 0 aliphatic carbocycles. The third-order valence-corrected chi connectivity index (χ3v) is 5.74. The number of aromatic nitrogens is 4. The van der Waals surface area contributed by atoms with Crippen LogP contribution >= 0.6 is 0 Å². The van der Waals surface area contributed by atoms with Gasteiger partial charge < -0.3 is 9.42 Å². The first-order valence-corrected chi connectivity index (χ1v) is 10.3. The molecular weight excluding hydrogens is 354 g/mol. The molecule has 3 aromatic rings. The van der Waals surface area contributed by atoms with Crippen LogP contribution in [0.2, 0.25) is 0 Å². The molecule has 1 unspecified atom stereocenters. The molecule has 0 bridgehead atoms. The molecule has 0 spiro atoms. The van der Waals surface area contributed by atoms with Crippen molar-refractivity contribution in [3.8, 4) is 0 Å². The number of nitrogens with zero attached hydrogens (tertiary/aromatic N) is 5. The summed E-state index contributed by atoms with van der Waals surface area (Å²) < 4.78 is 29.2. The zero-order valence-electron chi connectivity index (χ0n) is 14.6. The van der Waals surface area contributed by atoms with Gasteiger partial charge in [-0.2, -0.15) is 4.98 Å². The van der Waals surface area contributed by atoms with E-state index >= 15 is 0 Å². The van der Waals surface area contributed by atoms with E-state index in [1.54, 1.807) is 25.1 Å². The minimum absolute atomic E-state index is 0.132. The van der Waals surface area contributed by atoms with Crippen LogP contribution in [0.15, 0.2) is 33.9 Å². The fourth-order valence-corrected chi connectivity index (χ4v) is 4.00. The molecule has 0 saturated carbocycles. The predicted octanol–water partition coefficient (Wildman–Crippen LogP) is 2.11. The van der Waals surface area contributed by atoms with Gasteiger partial charge in [0.25, 0.3) is 0 Å². The van der Waals surface area contributed by atoms with Crippen molar-refractivity contribution in [3.63, 3.8) is 0 Å². The van der Waals surface area contributed by atoms with Crippen LogP contribution in [0.4, 0.5) is 5.82 Å². The van der Waals surface area contributed by atoms with E-state index in [9.17, 15) is 8.42 Å². The van der Waals surface area contributed by atoms with Crippen molar-refractivity contribution in [1.82, 2.24) is 20.1 Å². The summed E-state index contributed by atoms with van der Waals surface area (Å²) in [5, 5.41) is 4.62. The Kier molecular flexibility index (Phi) is 4.10. The molecule has 8 nitrogen and oxygen atoms in total. The summed E-state index contributed by atoms with van der Waals surface area (Å²) in [6, 6.07) is 4.95. The Bertz CT molecular complexity index is 1060. The normalized spacial score (nSPS) is 18.4. The summed E-state index contributed by atoms with van der Waals surface area (Å²) in [5.41, 5.74) is 0.721. The maximum atomic E-state index is 11.9.